The minimum absolute atomic E-state index is 0.137. The van der Waals surface area contributed by atoms with Gasteiger partial charge in [0.2, 0.25) is 0 Å². The van der Waals surface area contributed by atoms with E-state index in [-0.39, 0.29) is 11.5 Å². The Morgan fingerprint density at radius 3 is 3.00 bits per heavy atom. The summed E-state index contributed by atoms with van der Waals surface area (Å²) in [5.74, 6) is 1.16. The van der Waals surface area contributed by atoms with Crippen LogP contribution in [0.1, 0.15) is 18.2 Å². The lowest BCUT2D eigenvalue weighted by Gasteiger charge is -2.12. The summed E-state index contributed by atoms with van der Waals surface area (Å²) in [4.78, 5) is 3.30. The maximum Gasteiger partial charge on any atom is 0.154 e. The fourth-order valence-electron chi connectivity index (χ4n) is 2.47. The van der Waals surface area contributed by atoms with Gasteiger partial charge in [-0.05, 0) is 30.7 Å². The SMILES string of the molecule is CCOc1ccc2[nH]c3c(c2c1)CS(=O)(=O)CC3. The Labute approximate surface area is 106 Å². The molecular formula is C13H15NO3S. The van der Waals surface area contributed by atoms with Crippen LogP contribution in [0, 0.1) is 0 Å². The summed E-state index contributed by atoms with van der Waals surface area (Å²) in [6, 6.07) is 5.78. The summed E-state index contributed by atoms with van der Waals surface area (Å²) in [6.45, 7) is 2.54. The van der Waals surface area contributed by atoms with Crippen molar-refractivity contribution in [2.24, 2.45) is 0 Å². The highest BCUT2D eigenvalue weighted by atomic mass is 32.2. The summed E-state index contributed by atoms with van der Waals surface area (Å²) >= 11 is 0. The molecule has 96 valence electrons. The van der Waals surface area contributed by atoms with Gasteiger partial charge in [-0.25, -0.2) is 8.42 Å². The molecule has 0 fully saturated rings. The van der Waals surface area contributed by atoms with Crippen LogP contribution in [0.5, 0.6) is 5.75 Å². The number of fused-ring (bicyclic) bond motifs is 3. The fraction of sp³-hybridized carbons (Fsp3) is 0.385. The van der Waals surface area contributed by atoms with Gasteiger partial charge in [-0.15, -0.1) is 0 Å². The Bertz CT molecular complexity index is 700. The zero-order chi connectivity index (χ0) is 12.8. The number of aromatic amines is 1. The number of rotatable bonds is 2. The van der Waals surface area contributed by atoms with Crippen LogP contribution >= 0.6 is 0 Å². The summed E-state index contributed by atoms with van der Waals surface area (Å²) in [7, 11) is -2.94. The Morgan fingerprint density at radius 2 is 2.22 bits per heavy atom. The second kappa shape index (κ2) is 4.02. The molecule has 1 aliphatic rings. The first-order valence-electron chi connectivity index (χ1n) is 6.06. The van der Waals surface area contributed by atoms with Crippen LogP contribution < -0.4 is 4.74 Å². The van der Waals surface area contributed by atoms with Gasteiger partial charge in [0.05, 0.1) is 18.1 Å². The quantitative estimate of drug-likeness (QED) is 0.904. The number of ether oxygens (including phenoxy) is 1. The lowest BCUT2D eigenvalue weighted by atomic mass is 10.1. The molecule has 1 aliphatic heterocycles. The molecule has 0 aliphatic carbocycles. The molecule has 18 heavy (non-hydrogen) atoms. The lowest BCUT2D eigenvalue weighted by Crippen LogP contribution is -2.18. The molecule has 1 N–H and O–H groups in total. The van der Waals surface area contributed by atoms with Gasteiger partial charge in [-0.3, -0.25) is 0 Å². The van der Waals surface area contributed by atoms with Crippen molar-refractivity contribution in [3.8, 4) is 5.75 Å². The van der Waals surface area contributed by atoms with Gasteiger partial charge < -0.3 is 9.72 Å². The van der Waals surface area contributed by atoms with Crippen LogP contribution in [0.2, 0.25) is 0 Å². The van der Waals surface area contributed by atoms with Crippen molar-refractivity contribution in [2.75, 3.05) is 12.4 Å². The van der Waals surface area contributed by atoms with Gasteiger partial charge in [-0.1, -0.05) is 0 Å². The van der Waals surface area contributed by atoms with Crippen molar-refractivity contribution in [2.45, 2.75) is 19.1 Å². The van der Waals surface area contributed by atoms with Crippen LogP contribution in [0.4, 0.5) is 0 Å². The highest BCUT2D eigenvalue weighted by Gasteiger charge is 2.24. The Balaban J connectivity index is 2.17. The van der Waals surface area contributed by atoms with E-state index >= 15 is 0 Å². The van der Waals surface area contributed by atoms with E-state index in [0.29, 0.717) is 13.0 Å². The minimum atomic E-state index is -2.94. The van der Waals surface area contributed by atoms with Crippen molar-refractivity contribution in [3.63, 3.8) is 0 Å². The molecular weight excluding hydrogens is 250 g/mol. The first-order chi connectivity index (χ1) is 8.59. The van der Waals surface area contributed by atoms with Crippen LogP contribution in [0.25, 0.3) is 10.9 Å². The Hall–Kier alpha value is -1.49. The second-order valence-corrected chi connectivity index (χ2v) is 6.75. The molecule has 1 aromatic carbocycles. The summed E-state index contributed by atoms with van der Waals surface area (Å²) < 4.78 is 28.9. The fourth-order valence-corrected chi connectivity index (χ4v) is 3.90. The van der Waals surface area contributed by atoms with Gasteiger partial charge >= 0.3 is 0 Å². The maximum absolute atomic E-state index is 11.7. The number of aryl methyl sites for hydroxylation is 1. The number of sulfone groups is 1. The third kappa shape index (κ3) is 1.88. The average Bonchev–Trinajstić information content (AvgIpc) is 2.66. The molecule has 2 aromatic rings. The lowest BCUT2D eigenvalue weighted by molar-refractivity contribution is 0.340. The molecule has 2 heterocycles. The molecule has 0 atom stereocenters. The average molecular weight is 265 g/mol. The van der Waals surface area contributed by atoms with Crippen LogP contribution in [-0.4, -0.2) is 25.8 Å². The molecule has 0 saturated carbocycles. The molecule has 0 bridgehead atoms. The van der Waals surface area contributed by atoms with Crippen molar-refractivity contribution in [1.82, 2.24) is 4.98 Å². The van der Waals surface area contributed by atoms with E-state index in [2.05, 4.69) is 4.98 Å². The predicted octanol–water partition coefficient (Wildman–Crippen LogP) is 2.04. The number of nitrogens with one attached hydrogen (secondary N) is 1. The summed E-state index contributed by atoms with van der Waals surface area (Å²) in [5, 5.41) is 0.972. The molecule has 0 saturated heterocycles. The van der Waals surface area contributed by atoms with Crippen molar-refractivity contribution in [1.29, 1.82) is 0 Å². The van der Waals surface area contributed by atoms with E-state index in [1.807, 2.05) is 25.1 Å². The Morgan fingerprint density at radius 1 is 1.39 bits per heavy atom. The predicted molar refractivity (Wildman–Crippen MR) is 70.7 cm³/mol. The van der Waals surface area contributed by atoms with Crippen LogP contribution in [0.3, 0.4) is 0 Å². The summed E-state index contributed by atoms with van der Waals surface area (Å²) in [5.41, 5.74) is 2.95. The Kier molecular flexibility index (Phi) is 2.59. The normalized spacial score (nSPS) is 17.6. The van der Waals surface area contributed by atoms with Crippen LogP contribution in [0.15, 0.2) is 18.2 Å². The van der Waals surface area contributed by atoms with Gasteiger partial charge in [-0.2, -0.15) is 0 Å². The highest BCUT2D eigenvalue weighted by molar-refractivity contribution is 7.90. The largest absolute Gasteiger partial charge is 0.494 e. The molecule has 0 spiro atoms. The number of aromatic nitrogens is 1. The number of H-pyrrole nitrogens is 1. The number of hydrogen-bond acceptors (Lipinski definition) is 3. The molecule has 1 aromatic heterocycles. The smallest absolute Gasteiger partial charge is 0.154 e. The molecule has 4 nitrogen and oxygen atoms in total. The van der Waals surface area contributed by atoms with Crippen molar-refractivity contribution < 1.29 is 13.2 Å². The first-order valence-corrected chi connectivity index (χ1v) is 7.88. The van der Waals surface area contributed by atoms with Gasteiger partial charge in [0, 0.05) is 23.0 Å². The third-order valence-electron chi connectivity index (χ3n) is 3.30. The minimum Gasteiger partial charge on any atom is -0.494 e. The third-order valence-corrected chi connectivity index (χ3v) is 4.86. The van der Waals surface area contributed by atoms with E-state index in [4.69, 9.17) is 4.74 Å². The van der Waals surface area contributed by atoms with Gasteiger partial charge in [0.25, 0.3) is 0 Å². The van der Waals surface area contributed by atoms with E-state index in [1.54, 1.807) is 0 Å². The zero-order valence-electron chi connectivity index (χ0n) is 10.2. The summed E-state index contributed by atoms with van der Waals surface area (Å²) in [6.07, 6.45) is 0.580. The standard InChI is InChI=1S/C13H15NO3S/c1-2-17-9-3-4-12-10(7-9)11-8-18(15,16)6-5-13(11)14-12/h3-4,7,14H,2,5-6,8H2,1H3. The molecule has 3 rings (SSSR count). The number of hydrogen-bond donors (Lipinski definition) is 1. The van der Waals surface area contributed by atoms with Gasteiger partial charge in [0.15, 0.2) is 9.84 Å². The van der Waals surface area contributed by atoms with Crippen molar-refractivity contribution in [3.05, 3.63) is 29.5 Å². The first kappa shape index (κ1) is 11.6. The monoisotopic (exact) mass is 265 g/mol. The van der Waals surface area contributed by atoms with E-state index in [0.717, 1.165) is 27.9 Å². The molecule has 0 amide bonds. The van der Waals surface area contributed by atoms with E-state index < -0.39 is 9.84 Å². The second-order valence-electron chi connectivity index (χ2n) is 4.56. The molecule has 0 unspecified atom stereocenters. The molecule has 5 heteroatoms. The van der Waals surface area contributed by atoms with Crippen molar-refractivity contribution >= 4 is 20.7 Å². The van der Waals surface area contributed by atoms with E-state index in [9.17, 15) is 8.42 Å². The van der Waals surface area contributed by atoms with Crippen LogP contribution in [-0.2, 0) is 22.0 Å². The molecule has 0 radical (unpaired) electrons. The zero-order valence-corrected chi connectivity index (χ0v) is 11.0. The highest BCUT2D eigenvalue weighted by Crippen LogP contribution is 2.31. The maximum atomic E-state index is 11.7. The number of benzene rings is 1. The topological polar surface area (TPSA) is 59.2 Å². The van der Waals surface area contributed by atoms with E-state index in [1.165, 1.54) is 0 Å². The van der Waals surface area contributed by atoms with Gasteiger partial charge in [0.1, 0.15) is 5.75 Å².